The molecule has 1 unspecified atom stereocenters. The molecule has 2 nitrogen and oxygen atoms in total. The van der Waals surface area contributed by atoms with Crippen molar-refractivity contribution in [1.29, 1.82) is 0 Å². The van der Waals surface area contributed by atoms with E-state index in [1.807, 2.05) is 7.05 Å². The van der Waals surface area contributed by atoms with Gasteiger partial charge < -0.3 is 5.32 Å². The highest BCUT2D eigenvalue weighted by atomic mass is 32.1. The van der Waals surface area contributed by atoms with Gasteiger partial charge in [-0.2, -0.15) is 0 Å². The second kappa shape index (κ2) is 4.58. The molecule has 0 saturated carbocycles. The molecule has 68 valence electrons. The fraction of sp³-hybridized carbons (Fsp3) is 0.667. The average molecular weight is 184 g/mol. The summed E-state index contributed by atoms with van der Waals surface area (Å²) < 4.78 is 0. The average Bonchev–Trinajstić information content (AvgIpc) is 2.52. The minimum absolute atomic E-state index is 0.612. The van der Waals surface area contributed by atoms with Crippen molar-refractivity contribution in [3.05, 3.63) is 16.1 Å². The molecule has 0 aliphatic heterocycles. The van der Waals surface area contributed by atoms with Crippen molar-refractivity contribution in [2.24, 2.45) is 0 Å². The Balaban J connectivity index is 2.63. The molecular weight excluding hydrogens is 168 g/mol. The van der Waals surface area contributed by atoms with E-state index < -0.39 is 0 Å². The maximum atomic E-state index is 4.53. The van der Waals surface area contributed by atoms with E-state index in [1.54, 1.807) is 11.3 Å². The Morgan fingerprint density at radius 3 is 3.00 bits per heavy atom. The highest BCUT2D eigenvalue weighted by molar-refractivity contribution is 7.09. The molecule has 0 fully saturated rings. The van der Waals surface area contributed by atoms with Gasteiger partial charge in [-0.05, 0) is 13.5 Å². The topological polar surface area (TPSA) is 24.9 Å². The van der Waals surface area contributed by atoms with Crippen molar-refractivity contribution in [2.75, 3.05) is 7.05 Å². The Morgan fingerprint density at radius 1 is 1.67 bits per heavy atom. The number of thiazole rings is 1. The molecule has 1 aromatic rings. The molecule has 0 aliphatic rings. The van der Waals surface area contributed by atoms with Gasteiger partial charge in [0.1, 0.15) is 0 Å². The van der Waals surface area contributed by atoms with E-state index in [4.69, 9.17) is 0 Å². The van der Waals surface area contributed by atoms with E-state index in [1.165, 1.54) is 11.4 Å². The molecule has 0 aliphatic carbocycles. The molecule has 0 bridgehead atoms. The molecule has 0 spiro atoms. The van der Waals surface area contributed by atoms with Crippen molar-refractivity contribution in [3.8, 4) is 0 Å². The van der Waals surface area contributed by atoms with Crippen molar-refractivity contribution < 1.29 is 0 Å². The molecule has 12 heavy (non-hydrogen) atoms. The first-order chi connectivity index (χ1) is 5.77. The zero-order chi connectivity index (χ0) is 8.97. The molecule has 1 heterocycles. The molecule has 1 rings (SSSR count). The summed E-state index contributed by atoms with van der Waals surface area (Å²) in [7, 11) is 1.95. The van der Waals surface area contributed by atoms with Crippen LogP contribution in [0.25, 0.3) is 0 Å². The number of hydrogen-bond donors (Lipinski definition) is 1. The third-order valence-electron chi connectivity index (χ3n) is 1.96. The second-order valence-corrected chi connectivity index (χ2v) is 3.91. The maximum absolute atomic E-state index is 4.53. The Bertz CT molecular complexity index is 232. The normalized spacial score (nSPS) is 13.2. The van der Waals surface area contributed by atoms with E-state index >= 15 is 0 Å². The quantitative estimate of drug-likeness (QED) is 0.777. The summed E-state index contributed by atoms with van der Waals surface area (Å²) in [5.41, 5.74) is 1.16. The summed E-state index contributed by atoms with van der Waals surface area (Å²) in [6.07, 6.45) is 1.17. The Hall–Kier alpha value is -0.410. The lowest BCUT2D eigenvalue weighted by atomic mass is 10.1. The van der Waals surface area contributed by atoms with Crippen molar-refractivity contribution in [1.82, 2.24) is 10.3 Å². The maximum Gasteiger partial charge on any atom is 0.0956 e. The van der Waals surface area contributed by atoms with Gasteiger partial charge in [0.05, 0.1) is 10.7 Å². The van der Waals surface area contributed by atoms with Crippen LogP contribution in [0.2, 0.25) is 0 Å². The van der Waals surface area contributed by atoms with Gasteiger partial charge in [0.2, 0.25) is 0 Å². The van der Waals surface area contributed by atoms with Crippen LogP contribution in [0.15, 0.2) is 5.38 Å². The summed E-state index contributed by atoms with van der Waals surface area (Å²) in [4.78, 5) is 4.53. The van der Waals surface area contributed by atoms with Gasteiger partial charge in [-0.3, -0.25) is 0 Å². The first kappa shape index (κ1) is 9.68. The summed E-state index contributed by atoms with van der Waals surface area (Å²) in [6, 6.07) is 0. The van der Waals surface area contributed by atoms with Gasteiger partial charge in [0, 0.05) is 17.8 Å². The lowest BCUT2D eigenvalue weighted by Gasteiger charge is -2.01. The SMILES string of the molecule is CCC(C)c1nc(CNC)cs1. The van der Waals surface area contributed by atoms with Gasteiger partial charge in [0.15, 0.2) is 0 Å². The molecular formula is C9H16N2S. The molecule has 1 aromatic heterocycles. The Morgan fingerprint density at radius 2 is 2.42 bits per heavy atom. The van der Waals surface area contributed by atoms with Gasteiger partial charge in [-0.25, -0.2) is 4.98 Å². The first-order valence-electron chi connectivity index (χ1n) is 4.36. The Labute approximate surface area is 78.0 Å². The van der Waals surface area contributed by atoms with Gasteiger partial charge in [-0.15, -0.1) is 11.3 Å². The predicted molar refractivity (Wildman–Crippen MR) is 53.6 cm³/mol. The number of rotatable bonds is 4. The van der Waals surface area contributed by atoms with Crippen LogP contribution in [0.4, 0.5) is 0 Å². The van der Waals surface area contributed by atoms with Crippen LogP contribution in [0.5, 0.6) is 0 Å². The molecule has 0 amide bonds. The van der Waals surface area contributed by atoms with Crippen LogP contribution in [0.3, 0.4) is 0 Å². The second-order valence-electron chi connectivity index (χ2n) is 3.02. The smallest absolute Gasteiger partial charge is 0.0956 e. The highest BCUT2D eigenvalue weighted by Crippen LogP contribution is 2.22. The number of nitrogens with zero attached hydrogens (tertiary/aromatic N) is 1. The molecule has 0 aromatic carbocycles. The van der Waals surface area contributed by atoms with Crippen molar-refractivity contribution in [3.63, 3.8) is 0 Å². The molecule has 0 saturated heterocycles. The number of nitrogens with one attached hydrogen (secondary N) is 1. The minimum atomic E-state index is 0.612. The van der Waals surface area contributed by atoms with Crippen LogP contribution in [-0.2, 0) is 6.54 Å². The zero-order valence-corrected chi connectivity index (χ0v) is 8.74. The first-order valence-corrected chi connectivity index (χ1v) is 5.24. The molecule has 1 N–H and O–H groups in total. The molecule has 3 heteroatoms. The van der Waals surface area contributed by atoms with Crippen LogP contribution in [0.1, 0.15) is 36.9 Å². The van der Waals surface area contributed by atoms with Gasteiger partial charge in [0.25, 0.3) is 0 Å². The summed E-state index contributed by atoms with van der Waals surface area (Å²) in [5, 5.41) is 6.50. The third-order valence-corrected chi connectivity index (χ3v) is 3.09. The zero-order valence-electron chi connectivity index (χ0n) is 7.92. The fourth-order valence-corrected chi connectivity index (χ4v) is 1.95. The predicted octanol–water partition coefficient (Wildman–Crippen LogP) is 2.38. The summed E-state index contributed by atoms with van der Waals surface area (Å²) in [6.45, 7) is 5.30. The van der Waals surface area contributed by atoms with Crippen LogP contribution in [0, 0.1) is 0 Å². The van der Waals surface area contributed by atoms with Gasteiger partial charge in [-0.1, -0.05) is 13.8 Å². The molecule has 1 atom stereocenters. The van der Waals surface area contributed by atoms with Crippen LogP contribution >= 0.6 is 11.3 Å². The highest BCUT2D eigenvalue weighted by Gasteiger charge is 2.07. The van der Waals surface area contributed by atoms with E-state index in [0.29, 0.717) is 5.92 Å². The minimum Gasteiger partial charge on any atom is -0.314 e. The van der Waals surface area contributed by atoms with E-state index in [2.05, 4.69) is 29.5 Å². The summed E-state index contributed by atoms with van der Waals surface area (Å²) >= 11 is 1.77. The fourth-order valence-electron chi connectivity index (χ4n) is 0.986. The Kier molecular flexibility index (Phi) is 3.69. The number of aromatic nitrogens is 1. The van der Waals surface area contributed by atoms with Gasteiger partial charge >= 0.3 is 0 Å². The lowest BCUT2D eigenvalue weighted by Crippen LogP contribution is -2.05. The summed E-state index contributed by atoms with van der Waals surface area (Å²) in [5.74, 6) is 0.612. The third kappa shape index (κ3) is 2.29. The standard InChI is InChI=1S/C9H16N2S/c1-4-7(2)9-11-8(5-10-3)6-12-9/h6-7,10H,4-5H2,1-3H3. The lowest BCUT2D eigenvalue weighted by molar-refractivity contribution is 0.714. The van der Waals surface area contributed by atoms with Crippen LogP contribution in [-0.4, -0.2) is 12.0 Å². The van der Waals surface area contributed by atoms with E-state index in [-0.39, 0.29) is 0 Å². The molecule has 0 radical (unpaired) electrons. The largest absolute Gasteiger partial charge is 0.314 e. The van der Waals surface area contributed by atoms with Crippen molar-refractivity contribution >= 4 is 11.3 Å². The van der Waals surface area contributed by atoms with Crippen LogP contribution < -0.4 is 5.32 Å². The van der Waals surface area contributed by atoms with Crippen molar-refractivity contribution in [2.45, 2.75) is 32.7 Å². The van der Waals surface area contributed by atoms with E-state index in [9.17, 15) is 0 Å². The number of hydrogen-bond acceptors (Lipinski definition) is 3. The monoisotopic (exact) mass is 184 g/mol. The van der Waals surface area contributed by atoms with E-state index in [0.717, 1.165) is 12.2 Å².